The van der Waals surface area contributed by atoms with Crippen LogP contribution in [0.4, 0.5) is 5.69 Å². The lowest BCUT2D eigenvalue weighted by atomic mass is 9.62. The first-order valence-corrected chi connectivity index (χ1v) is 8.61. The van der Waals surface area contributed by atoms with E-state index in [0.717, 1.165) is 17.4 Å². The second kappa shape index (κ2) is 5.33. The summed E-state index contributed by atoms with van der Waals surface area (Å²) < 4.78 is 7.76. The Bertz CT molecular complexity index is 861. The third-order valence-electron chi connectivity index (χ3n) is 5.33. The molecule has 2 aliphatic heterocycles. The average molecular weight is 342 g/mol. The van der Waals surface area contributed by atoms with Gasteiger partial charge in [-0.05, 0) is 30.2 Å². The van der Waals surface area contributed by atoms with Gasteiger partial charge in [0.05, 0.1) is 12.0 Å². The zero-order chi connectivity index (χ0) is 17.8. The summed E-state index contributed by atoms with van der Waals surface area (Å²) in [6.45, 7) is 5.42. The normalized spacial score (nSPS) is 27.5. The predicted molar refractivity (Wildman–Crippen MR) is 93.4 cm³/mol. The summed E-state index contributed by atoms with van der Waals surface area (Å²) in [5, 5.41) is 13.2. The van der Waals surface area contributed by atoms with Gasteiger partial charge in [0.2, 0.25) is 0 Å². The highest BCUT2D eigenvalue weighted by atomic mass is 16.5. The number of amides is 1. The first kappa shape index (κ1) is 16.1. The van der Waals surface area contributed by atoms with Gasteiger partial charge in [0.1, 0.15) is 5.60 Å². The van der Waals surface area contributed by atoms with Crippen LogP contribution in [0.5, 0.6) is 0 Å². The highest BCUT2D eigenvalue weighted by Gasteiger charge is 2.70. The minimum absolute atomic E-state index is 0.118. The highest BCUT2D eigenvalue weighted by Crippen LogP contribution is 2.58. The second-order valence-electron chi connectivity index (χ2n) is 7.81. The molecule has 132 valence electrons. The molecule has 3 fully saturated rings. The van der Waals surface area contributed by atoms with Gasteiger partial charge in [0.25, 0.3) is 5.91 Å². The topological polar surface area (TPSA) is 80.6 Å². The third-order valence-corrected chi connectivity index (χ3v) is 5.33. The number of fused-ring (bicyclic) bond motifs is 2. The van der Waals surface area contributed by atoms with Crippen molar-refractivity contribution >= 4 is 28.5 Å². The summed E-state index contributed by atoms with van der Waals surface area (Å²) in [7, 11) is 0. The van der Waals surface area contributed by atoms with Crippen molar-refractivity contribution in [2.75, 3.05) is 11.9 Å². The molecule has 0 unspecified atom stereocenters. The molecule has 3 aliphatic rings. The van der Waals surface area contributed by atoms with Crippen LogP contribution < -0.4 is 5.32 Å². The Hall–Kier alpha value is -2.34. The van der Waals surface area contributed by atoms with Crippen LogP contribution in [0.25, 0.3) is 10.9 Å². The van der Waals surface area contributed by atoms with E-state index in [1.54, 1.807) is 0 Å². The number of nitrogens with zero attached hydrogens (tertiary/aromatic N) is 1. The fourth-order valence-corrected chi connectivity index (χ4v) is 4.04. The Morgan fingerprint density at radius 2 is 2.08 bits per heavy atom. The highest BCUT2D eigenvalue weighted by molar-refractivity contribution is 6.02. The van der Waals surface area contributed by atoms with Crippen molar-refractivity contribution in [3.05, 3.63) is 30.5 Å². The van der Waals surface area contributed by atoms with Gasteiger partial charge in [0, 0.05) is 42.2 Å². The Labute approximate surface area is 145 Å². The smallest absolute Gasteiger partial charge is 0.312 e. The van der Waals surface area contributed by atoms with E-state index in [2.05, 4.69) is 29.9 Å². The maximum absolute atomic E-state index is 12.6. The lowest BCUT2D eigenvalue weighted by Crippen LogP contribution is -2.55. The van der Waals surface area contributed by atoms with Crippen molar-refractivity contribution in [2.45, 2.75) is 38.8 Å². The Morgan fingerprint density at radius 1 is 1.32 bits per heavy atom. The number of carbonyl (C=O) groups excluding carboxylic acids is 1. The van der Waals surface area contributed by atoms with Gasteiger partial charge >= 0.3 is 5.97 Å². The van der Waals surface area contributed by atoms with Gasteiger partial charge < -0.3 is 19.7 Å². The Kier molecular flexibility index (Phi) is 3.44. The molecule has 1 aromatic heterocycles. The molecule has 1 aliphatic carbocycles. The summed E-state index contributed by atoms with van der Waals surface area (Å²) in [6.07, 6.45) is 2.57. The number of rotatable bonds is 5. The van der Waals surface area contributed by atoms with E-state index in [1.807, 2.05) is 24.3 Å². The first-order valence-electron chi connectivity index (χ1n) is 8.61. The molecule has 1 amide bonds. The fraction of sp³-hybridized carbons (Fsp3) is 0.474. The van der Waals surface area contributed by atoms with E-state index in [9.17, 15) is 14.7 Å². The molecular formula is C19H22N2O4. The molecule has 25 heavy (non-hydrogen) atoms. The van der Waals surface area contributed by atoms with Gasteiger partial charge in [-0.1, -0.05) is 13.8 Å². The molecule has 0 atom stereocenters. The molecule has 2 saturated heterocycles. The lowest BCUT2D eigenvalue weighted by Gasteiger charge is -2.40. The van der Waals surface area contributed by atoms with Gasteiger partial charge in [-0.25, -0.2) is 0 Å². The van der Waals surface area contributed by atoms with Crippen LogP contribution in [-0.4, -0.2) is 33.8 Å². The Morgan fingerprint density at radius 3 is 2.72 bits per heavy atom. The number of aromatic nitrogens is 1. The van der Waals surface area contributed by atoms with Crippen LogP contribution in [0.3, 0.4) is 0 Å². The zero-order valence-corrected chi connectivity index (χ0v) is 14.4. The van der Waals surface area contributed by atoms with Crippen molar-refractivity contribution < 1.29 is 19.4 Å². The lowest BCUT2D eigenvalue weighted by molar-refractivity contribution is -0.156. The van der Waals surface area contributed by atoms with Gasteiger partial charge in [-0.15, -0.1) is 0 Å². The maximum atomic E-state index is 12.6. The molecule has 1 saturated carbocycles. The molecule has 6 nitrogen and oxygen atoms in total. The number of carbonyl (C=O) groups is 2. The van der Waals surface area contributed by atoms with Crippen molar-refractivity contribution in [1.82, 2.24) is 4.57 Å². The molecular weight excluding hydrogens is 320 g/mol. The number of benzene rings is 1. The SMILES string of the molecule is CC(C)Cn1ccc2cc(NC(=O)C34CC(C(=O)O)(CO3)C4)ccc21. The number of ether oxygens (including phenoxy) is 1. The van der Waals surface area contributed by atoms with E-state index < -0.39 is 17.0 Å². The largest absolute Gasteiger partial charge is 0.481 e. The van der Waals surface area contributed by atoms with Crippen molar-refractivity contribution in [3.63, 3.8) is 0 Å². The summed E-state index contributed by atoms with van der Waals surface area (Å²) >= 11 is 0. The number of nitrogens with one attached hydrogen (secondary N) is 1. The maximum Gasteiger partial charge on any atom is 0.312 e. The summed E-state index contributed by atoms with van der Waals surface area (Å²) in [6, 6.07) is 7.86. The van der Waals surface area contributed by atoms with Gasteiger partial charge in [0.15, 0.2) is 0 Å². The van der Waals surface area contributed by atoms with Crippen LogP contribution in [0, 0.1) is 11.3 Å². The number of hydrogen-bond donors (Lipinski definition) is 2. The summed E-state index contributed by atoms with van der Waals surface area (Å²) in [5.41, 5.74) is -0.000237. The molecule has 1 aromatic carbocycles. The number of anilines is 1. The van der Waals surface area contributed by atoms with Crippen molar-refractivity contribution in [3.8, 4) is 0 Å². The number of carboxylic acids is 1. The van der Waals surface area contributed by atoms with E-state index in [1.165, 1.54) is 0 Å². The minimum atomic E-state index is -0.975. The van der Waals surface area contributed by atoms with Crippen LogP contribution in [-0.2, 0) is 20.9 Å². The van der Waals surface area contributed by atoms with Gasteiger partial charge in [-0.2, -0.15) is 0 Å². The molecule has 2 bridgehead atoms. The number of aliphatic carboxylic acids is 1. The molecule has 2 aromatic rings. The quantitative estimate of drug-likeness (QED) is 0.875. The predicted octanol–water partition coefficient (Wildman–Crippen LogP) is 2.87. The van der Waals surface area contributed by atoms with E-state index in [-0.39, 0.29) is 25.4 Å². The molecule has 6 heteroatoms. The average Bonchev–Trinajstić information content (AvgIpc) is 3.18. The van der Waals surface area contributed by atoms with Crippen molar-refractivity contribution in [2.24, 2.45) is 11.3 Å². The van der Waals surface area contributed by atoms with Crippen LogP contribution in [0.15, 0.2) is 30.5 Å². The van der Waals surface area contributed by atoms with Crippen molar-refractivity contribution in [1.29, 1.82) is 0 Å². The summed E-state index contributed by atoms with van der Waals surface area (Å²) in [5.74, 6) is -0.564. The van der Waals surface area contributed by atoms with Gasteiger partial charge in [-0.3, -0.25) is 9.59 Å². The van der Waals surface area contributed by atoms with Crippen LogP contribution >= 0.6 is 0 Å². The zero-order valence-electron chi connectivity index (χ0n) is 14.4. The number of carboxylic acid groups (broad SMARTS) is 1. The monoisotopic (exact) mass is 342 g/mol. The third kappa shape index (κ3) is 2.43. The molecule has 0 spiro atoms. The number of hydrogen-bond acceptors (Lipinski definition) is 3. The Balaban J connectivity index is 1.50. The minimum Gasteiger partial charge on any atom is -0.481 e. The fourth-order valence-electron chi connectivity index (χ4n) is 4.04. The second-order valence-corrected chi connectivity index (χ2v) is 7.81. The molecule has 2 N–H and O–H groups in total. The molecule has 0 radical (unpaired) electrons. The van der Waals surface area contributed by atoms with E-state index in [0.29, 0.717) is 11.6 Å². The molecule has 3 heterocycles. The standard InChI is InChI=1S/C19H22N2O4/c1-12(2)8-21-6-5-13-7-14(3-4-15(13)21)20-16(22)19-9-18(10-19,11-25-19)17(23)24/h3-7,12H,8-11H2,1-2H3,(H,20,22)(H,23,24). The van der Waals surface area contributed by atoms with Crippen LogP contribution in [0.1, 0.15) is 26.7 Å². The van der Waals surface area contributed by atoms with E-state index in [4.69, 9.17) is 4.74 Å². The summed E-state index contributed by atoms with van der Waals surface area (Å²) in [4.78, 5) is 23.9. The first-order chi connectivity index (χ1) is 11.8. The van der Waals surface area contributed by atoms with Crippen LogP contribution in [0.2, 0.25) is 0 Å². The van der Waals surface area contributed by atoms with E-state index >= 15 is 0 Å². The molecule has 5 rings (SSSR count).